The van der Waals surface area contributed by atoms with Crippen molar-refractivity contribution in [1.29, 1.82) is 0 Å². The molecule has 3 N–H and O–H groups in total. The molecule has 1 aromatic rings. The highest BCUT2D eigenvalue weighted by Gasteiger charge is 2.39. The summed E-state index contributed by atoms with van der Waals surface area (Å²) in [6.07, 6.45) is 0.818. The second kappa shape index (κ2) is 6.86. The second-order valence-electron chi connectivity index (χ2n) is 5.71. The van der Waals surface area contributed by atoms with Crippen LogP contribution in [0, 0.1) is 12.3 Å². The zero-order chi connectivity index (χ0) is 17.1. The van der Waals surface area contributed by atoms with E-state index in [1.807, 2.05) is 0 Å². The molecular weight excluding hydrogens is 320 g/mol. The molecule has 0 aromatic heterocycles. The minimum absolute atomic E-state index is 0.0287. The SMILES string of the molecule is COc1ccc(S(=O)(=O)NCC2(C(N)=O)CCOCC2)cc1C. The van der Waals surface area contributed by atoms with Crippen molar-refractivity contribution in [2.24, 2.45) is 11.1 Å². The predicted molar refractivity (Wildman–Crippen MR) is 84.6 cm³/mol. The van der Waals surface area contributed by atoms with Crippen molar-refractivity contribution in [2.45, 2.75) is 24.7 Å². The summed E-state index contributed by atoms with van der Waals surface area (Å²) in [7, 11) is -2.21. The lowest BCUT2D eigenvalue weighted by Crippen LogP contribution is -2.49. The topological polar surface area (TPSA) is 108 Å². The van der Waals surface area contributed by atoms with Gasteiger partial charge in [-0.25, -0.2) is 13.1 Å². The van der Waals surface area contributed by atoms with Crippen LogP contribution in [0.1, 0.15) is 18.4 Å². The van der Waals surface area contributed by atoms with E-state index in [1.165, 1.54) is 19.2 Å². The Morgan fingerprint density at radius 1 is 1.39 bits per heavy atom. The molecule has 128 valence electrons. The highest BCUT2D eigenvalue weighted by Crippen LogP contribution is 2.30. The summed E-state index contributed by atoms with van der Waals surface area (Å²) >= 11 is 0. The van der Waals surface area contributed by atoms with Crippen molar-refractivity contribution >= 4 is 15.9 Å². The van der Waals surface area contributed by atoms with Crippen LogP contribution >= 0.6 is 0 Å². The molecule has 0 aliphatic carbocycles. The Morgan fingerprint density at radius 3 is 2.57 bits per heavy atom. The van der Waals surface area contributed by atoms with Gasteiger partial charge in [0.15, 0.2) is 0 Å². The molecule has 0 atom stereocenters. The number of sulfonamides is 1. The highest BCUT2D eigenvalue weighted by molar-refractivity contribution is 7.89. The van der Waals surface area contributed by atoms with Crippen LogP contribution in [0.2, 0.25) is 0 Å². The molecule has 7 nitrogen and oxygen atoms in total. The monoisotopic (exact) mass is 342 g/mol. The van der Waals surface area contributed by atoms with Gasteiger partial charge in [0.2, 0.25) is 15.9 Å². The molecule has 0 spiro atoms. The Balaban J connectivity index is 2.17. The molecule has 2 rings (SSSR count). The van der Waals surface area contributed by atoms with E-state index in [1.54, 1.807) is 13.0 Å². The van der Waals surface area contributed by atoms with E-state index >= 15 is 0 Å². The molecule has 1 aromatic carbocycles. The van der Waals surface area contributed by atoms with Crippen LogP contribution in [0.5, 0.6) is 5.75 Å². The summed E-state index contributed by atoms with van der Waals surface area (Å²) in [6, 6.07) is 4.60. The van der Waals surface area contributed by atoms with Gasteiger partial charge in [0.1, 0.15) is 5.75 Å². The summed E-state index contributed by atoms with van der Waals surface area (Å²) < 4.78 is 37.8. The smallest absolute Gasteiger partial charge is 0.240 e. The Labute approximate surface area is 136 Å². The normalized spacial score (nSPS) is 17.7. The molecule has 1 amide bonds. The summed E-state index contributed by atoms with van der Waals surface area (Å²) in [5.74, 6) is 0.108. The maximum atomic E-state index is 12.5. The van der Waals surface area contributed by atoms with Crippen molar-refractivity contribution in [1.82, 2.24) is 4.72 Å². The minimum atomic E-state index is -3.73. The van der Waals surface area contributed by atoms with E-state index in [4.69, 9.17) is 15.2 Å². The minimum Gasteiger partial charge on any atom is -0.496 e. The van der Waals surface area contributed by atoms with Crippen molar-refractivity contribution in [2.75, 3.05) is 26.9 Å². The first-order valence-corrected chi connectivity index (χ1v) is 8.81. The van der Waals surface area contributed by atoms with Gasteiger partial charge in [-0.05, 0) is 43.5 Å². The fourth-order valence-corrected chi connectivity index (χ4v) is 3.82. The first-order valence-electron chi connectivity index (χ1n) is 7.33. The molecule has 1 aliphatic heterocycles. The third kappa shape index (κ3) is 3.82. The van der Waals surface area contributed by atoms with Crippen molar-refractivity contribution in [3.63, 3.8) is 0 Å². The third-order valence-electron chi connectivity index (χ3n) is 4.25. The number of amides is 1. The Morgan fingerprint density at radius 2 is 2.04 bits per heavy atom. The summed E-state index contributed by atoms with van der Waals surface area (Å²) in [6.45, 7) is 2.53. The fraction of sp³-hybridized carbons (Fsp3) is 0.533. The third-order valence-corrected chi connectivity index (χ3v) is 5.65. The fourth-order valence-electron chi connectivity index (χ4n) is 2.61. The van der Waals surface area contributed by atoms with Crippen molar-refractivity contribution < 1.29 is 22.7 Å². The summed E-state index contributed by atoms with van der Waals surface area (Å²) in [5.41, 5.74) is 5.30. The van der Waals surface area contributed by atoms with Crippen LogP contribution in [0.3, 0.4) is 0 Å². The van der Waals surface area contributed by atoms with Crippen LogP contribution < -0.4 is 15.2 Å². The molecule has 23 heavy (non-hydrogen) atoms. The molecule has 8 heteroatoms. The van der Waals surface area contributed by atoms with E-state index in [-0.39, 0.29) is 11.4 Å². The molecule has 1 aliphatic rings. The lowest BCUT2D eigenvalue weighted by Gasteiger charge is -2.34. The van der Waals surface area contributed by atoms with Crippen LogP contribution in [-0.4, -0.2) is 41.2 Å². The number of carbonyl (C=O) groups is 1. The molecule has 0 radical (unpaired) electrons. The molecule has 0 bridgehead atoms. The average Bonchev–Trinajstić information content (AvgIpc) is 2.53. The molecule has 1 saturated heterocycles. The van der Waals surface area contributed by atoms with Gasteiger partial charge in [0, 0.05) is 19.8 Å². The van der Waals surface area contributed by atoms with E-state index < -0.39 is 21.3 Å². The number of aryl methyl sites for hydroxylation is 1. The van der Waals surface area contributed by atoms with E-state index in [0.717, 1.165) is 0 Å². The van der Waals surface area contributed by atoms with Crippen LogP contribution in [0.25, 0.3) is 0 Å². The van der Waals surface area contributed by atoms with Crippen molar-refractivity contribution in [3.05, 3.63) is 23.8 Å². The second-order valence-corrected chi connectivity index (χ2v) is 7.48. The van der Waals surface area contributed by atoms with E-state index in [0.29, 0.717) is 37.4 Å². The number of primary amides is 1. The zero-order valence-electron chi connectivity index (χ0n) is 13.3. The van der Waals surface area contributed by atoms with Gasteiger partial charge >= 0.3 is 0 Å². The number of nitrogens with one attached hydrogen (secondary N) is 1. The number of nitrogens with two attached hydrogens (primary N) is 1. The predicted octanol–water partition coefficient (Wildman–Crippen LogP) is 0.564. The maximum absolute atomic E-state index is 12.5. The standard InChI is InChI=1S/C15H22N2O5S/c1-11-9-12(3-4-13(11)21-2)23(19,20)17-10-15(14(16)18)5-7-22-8-6-15/h3-4,9,17H,5-8,10H2,1-2H3,(H2,16,18). The van der Waals surface area contributed by atoms with Crippen LogP contribution in [0.15, 0.2) is 23.1 Å². The van der Waals surface area contributed by atoms with E-state index in [2.05, 4.69) is 4.72 Å². The zero-order valence-corrected chi connectivity index (χ0v) is 14.1. The van der Waals surface area contributed by atoms with Gasteiger partial charge in [0.05, 0.1) is 17.4 Å². The van der Waals surface area contributed by atoms with Gasteiger partial charge in [0.25, 0.3) is 0 Å². The Bertz CT molecular complexity index is 681. The lowest BCUT2D eigenvalue weighted by molar-refractivity contribution is -0.132. The van der Waals surface area contributed by atoms with Gasteiger partial charge in [-0.2, -0.15) is 0 Å². The first kappa shape index (κ1) is 17.7. The molecule has 1 fully saturated rings. The molecule has 1 heterocycles. The number of rotatable bonds is 6. The number of benzene rings is 1. The summed E-state index contributed by atoms with van der Waals surface area (Å²) in [5, 5.41) is 0. The van der Waals surface area contributed by atoms with Gasteiger partial charge < -0.3 is 15.2 Å². The number of carbonyl (C=O) groups excluding carboxylic acids is 1. The molecule has 0 saturated carbocycles. The molecular formula is C15H22N2O5S. The van der Waals surface area contributed by atoms with Crippen LogP contribution in [0.4, 0.5) is 0 Å². The van der Waals surface area contributed by atoms with E-state index in [9.17, 15) is 13.2 Å². The Kier molecular flexibility index (Phi) is 5.28. The average molecular weight is 342 g/mol. The van der Waals surface area contributed by atoms with Gasteiger partial charge in [-0.15, -0.1) is 0 Å². The first-order chi connectivity index (χ1) is 10.8. The number of hydrogen-bond acceptors (Lipinski definition) is 5. The van der Waals surface area contributed by atoms with Crippen LogP contribution in [-0.2, 0) is 19.6 Å². The summed E-state index contributed by atoms with van der Waals surface area (Å²) in [4.78, 5) is 11.9. The quantitative estimate of drug-likeness (QED) is 0.785. The Hall–Kier alpha value is -1.64. The molecule has 0 unspecified atom stereocenters. The van der Waals surface area contributed by atoms with Gasteiger partial charge in [-0.1, -0.05) is 0 Å². The lowest BCUT2D eigenvalue weighted by atomic mass is 9.80. The van der Waals surface area contributed by atoms with Crippen molar-refractivity contribution in [3.8, 4) is 5.75 Å². The number of methoxy groups -OCH3 is 1. The largest absolute Gasteiger partial charge is 0.496 e. The highest BCUT2D eigenvalue weighted by atomic mass is 32.2. The van der Waals surface area contributed by atoms with Gasteiger partial charge in [-0.3, -0.25) is 4.79 Å². The maximum Gasteiger partial charge on any atom is 0.240 e. The number of ether oxygens (including phenoxy) is 2. The number of hydrogen-bond donors (Lipinski definition) is 2.